The molecule has 0 bridgehead atoms. The molecule has 2 unspecified atom stereocenters. The monoisotopic (exact) mass is 320 g/mol. The number of nitrogens with one attached hydrogen (secondary N) is 1. The summed E-state index contributed by atoms with van der Waals surface area (Å²) in [7, 11) is 2.07. The van der Waals surface area contributed by atoms with E-state index in [0.717, 1.165) is 19.7 Å². The summed E-state index contributed by atoms with van der Waals surface area (Å²) >= 11 is 11.8. The van der Waals surface area contributed by atoms with Crippen LogP contribution in [0.25, 0.3) is 0 Å². The van der Waals surface area contributed by atoms with E-state index in [-0.39, 0.29) is 17.2 Å². The van der Waals surface area contributed by atoms with Crippen LogP contribution < -0.4 is 5.32 Å². The standard InChI is InChI=1S/C14H19Cl2FN2O/c1-9(11-5-14(17)13(16)6-12(11)15)18-7-10-8-19(2)3-4-20-10/h5-6,9-10,18H,3-4,7-8H2,1-2H3. The number of hydrogen-bond donors (Lipinski definition) is 1. The summed E-state index contributed by atoms with van der Waals surface area (Å²) in [6.45, 7) is 5.24. The van der Waals surface area contributed by atoms with E-state index in [1.165, 1.54) is 12.1 Å². The van der Waals surface area contributed by atoms with Gasteiger partial charge in [-0.05, 0) is 31.7 Å². The molecular weight excluding hydrogens is 302 g/mol. The fraction of sp³-hybridized carbons (Fsp3) is 0.571. The van der Waals surface area contributed by atoms with E-state index < -0.39 is 5.82 Å². The molecular formula is C14H19Cl2FN2O. The van der Waals surface area contributed by atoms with E-state index in [2.05, 4.69) is 17.3 Å². The van der Waals surface area contributed by atoms with Gasteiger partial charge >= 0.3 is 0 Å². The van der Waals surface area contributed by atoms with Crippen molar-refractivity contribution in [3.05, 3.63) is 33.6 Å². The lowest BCUT2D eigenvalue weighted by atomic mass is 10.1. The molecule has 0 radical (unpaired) electrons. The number of hydrogen-bond acceptors (Lipinski definition) is 3. The maximum atomic E-state index is 13.5. The van der Waals surface area contributed by atoms with E-state index in [1.54, 1.807) is 0 Å². The Kier molecular flexibility index (Phi) is 5.64. The summed E-state index contributed by atoms with van der Waals surface area (Å²) in [4.78, 5) is 2.23. The summed E-state index contributed by atoms with van der Waals surface area (Å²) < 4.78 is 19.2. The summed E-state index contributed by atoms with van der Waals surface area (Å²) in [5, 5.41) is 3.85. The van der Waals surface area contributed by atoms with Crippen molar-refractivity contribution in [3.8, 4) is 0 Å². The predicted octanol–water partition coefficient (Wildman–Crippen LogP) is 3.11. The number of halogens is 3. The molecule has 20 heavy (non-hydrogen) atoms. The Morgan fingerprint density at radius 1 is 1.45 bits per heavy atom. The number of nitrogens with zero attached hydrogens (tertiary/aromatic N) is 1. The van der Waals surface area contributed by atoms with Crippen molar-refractivity contribution >= 4 is 23.2 Å². The van der Waals surface area contributed by atoms with Crippen LogP contribution in [0.4, 0.5) is 4.39 Å². The molecule has 1 fully saturated rings. The molecule has 0 spiro atoms. The zero-order chi connectivity index (χ0) is 14.7. The topological polar surface area (TPSA) is 24.5 Å². The van der Waals surface area contributed by atoms with Gasteiger partial charge in [-0.1, -0.05) is 23.2 Å². The van der Waals surface area contributed by atoms with Crippen molar-refractivity contribution in [2.45, 2.75) is 19.1 Å². The Bertz CT molecular complexity index is 473. The van der Waals surface area contributed by atoms with Crippen molar-refractivity contribution in [3.63, 3.8) is 0 Å². The number of morpholine rings is 1. The SMILES string of the molecule is CC(NCC1CN(C)CCO1)c1cc(F)c(Cl)cc1Cl. The summed E-state index contributed by atoms with van der Waals surface area (Å²) in [5.74, 6) is -0.451. The first-order valence-electron chi connectivity index (χ1n) is 6.65. The number of likely N-dealkylation sites (N-methyl/N-ethyl adjacent to an activating group) is 1. The first-order valence-corrected chi connectivity index (χ1v) is 7.41. The molecule has 0 amide bonds. The average Bonchev–Trinajstić information content (AvgIpc) is 2.40. The molecule has 1 heterocycles. The second-order valence-electron chi connectivity index (χ2n) is 5.17. The molecule has 1 saturated heterocycles. The van der Waals surface area contributed by atoms with Crippen LogP contribution in [-0.2, 0) is 4.74 Å². The van der Waals surface area contributed by atoms with Crippen LogP contribution in [0.15, 0.2) is 12.1 Å². The van der Waals surface area contributed by atoms with Crippen LogP contribution in [0.5, 0.6) is 0 Å². The van der Waals surface area contributed by atoms with E-state index in [1.807, 2.05) is 6.92 Å². The molecule has 0 aromatic heterocycles. The highest BCUT2D eigenvalue weighted by molar-refractivity contribution is 6.35. The van der Waals surface area contributed by atoms with Crippen LogP contribution in [0.2, 0.25) is 10.0 Å². The molecule has 112 valence electrons. The van der Waals surface area contributed by atoms with Crippen molar-refractivity contribution in [2.24, 2.45) is 0 Å². The Morgan fingerprint density at radius 2 is 2.20 bits per heavy atom. The Morgan fingerprint density at radius 3 is 2.90 bits per heavy atom. The van der Waals surface area contributed by atoms with Gasteiger partial charge in [0.2, 0.25) is 0 Å². The molecule has 6 heteroatoms. The van der Waals surface area contributed by atoms with E-state index in [9.17, 15) is 4.39 Å². The Labute approximate surface area is 129 Å². The summed E-state index contributed by atoms with van der Waals surface area (Å²) in [6, 6.07) is 2.76. The van der Waals surface area contributed by atoms with Crippen LogP contribution in [-0.4, -0.2) is 44.3 Å². The van der Waals surface area contributed by atoms with Gasteiger partial charge in [0.1, 0.15) is 5.82 Å². The van der Waals surface area contributed by atoms with Crippen LogP contribution in [0, 0.1) is 5.82 Å². The highest BCUT2D eigenvalue weighted by atomic mass is 35.5. The Balaban J connectivity index is 1.94. The minimum absolute atomic E-state index is 0.0446. The molecule has 2 rings (SSSR count). The third kappa shape index (κ3) is 4.06. The van der Waals surface area contributed by atoms with E-state index >= 15 is 0 Å². The van der Waals surface area contributed by atoms with Gasteiger partial charge in [0.15, 0.2) is 0 Å². The minimum Gasteiger partial charge on any atom is -0.374 e. The molecule has 2 atom stereocenters. The molecule has 1 N–H and O–H groups in total. The third-order valence-corrected chi connectivity index (χ3v) is 4.12. The van der Waals surface area contributed by atoms with Gasteiger partial charge in [0, 0.05) is 30.7 Å². The normalized spacial score (nSPS) is 21.9. The molecule has 0 aliphatic carbocycles. The molecule has 3 nitrogen and oxygen atoms in total. The molecule has 0 saturated carbocycles. The number of rotatable bonds is 4. The van der Waals surface area contributed by atoms with E-state index in [0.29, 0.717) is 17.1 Å². The van der Waals surface area contributed by atoms with Crippen molar-refractivity contribution < 1.29 is 9.13 Å². The second kappa shape index (κ2) is 7.05. The van der Waals surface area contributed by atoms with Gasteiger partial charge in [0.05, 0.1) is 17.7 Å². The molecule has 1 aromatic carbocycles. The fourth-order valence-electron chi connectivity index (χ4n) is 2.28. The minimum atomic E-state index is -0.451. The maximum absolute atomic E-state index is 13.5. The zero-order valence-electron chi connectivity index (χ0n) is 11.6. The predicted molar refractivity (Wildman–Crippen MR) is 80.1 cm³/mol. The van der Waals surface area contributed by atoms with Gasteiger partial charge in [0.25, 0.3) is 0 Å². The van der Waals surface area contributed by atoms with Crippen molar-refractivity contribution in [1.29, 1.82) is 0 Å². The smallest absolute Gasteiger partial charge is 0.142 e. The lowest BCUT2D eigenvalue weighted by molar-refractivity contribution is -0.0190. The first kappa shape index (κ1) is 16.0. The zero-order valence-corrected chi connectivity index (χ0v) is 13.1. The molecule has 1 aromatic rings. The van der Waals surface area contributed by atoms with Gasteiger partial charge in [-0.3, -0.25) is 0 Å². The van der Waals surface area contributed by atoms with Gasteiger partial charge < -0.3 is 15.0 Å². The fourth-order valence-corrected chi connectivity index (χ4v) is 2.83. The van der Waals surface area contributed by atoms with Crippen LogP contribution in [0.1, 0.15) is 18.5 Å². The average molecular weight is 321 g/mol. The molecule has 1 aliphatic heterocycles. The van der Waals surface area contributed by atoms with Crippen LogP contribution >= 0.6 is 23.2 Å². The number of benzene rings is 1. The lowest BCUT2D eigenvalue weighted by Crippen LogP contribution is -2.45. The molecule has 1 aliphatic rings. The maximum Gasteiger partial charge on any atom is 0.142 e. The van der Waals surface area contributed by atoms with Gasteiger partial charge in [-0.25, -0.2) is 4.39 Å². The second-order valence-corrected chi connectivity index (χ2v) is 5.99. The van der Waals surface area contributed by atoms with Crippen molar-refractivity contribution in [1.82, 2.24) is 10.2 Å². The van der Waals surface area contributed by atoms with Crippen LogP contribution in [0.3, 0.4) is 0 Å². The summed E-state index contributed by atoms with van der Waals surface area (Å²) in [5.41, 5.74) is 0.706. The quantitative estimate of drug-likeness (QED) is 0.863. The van der Waals surface area contributed by atoms with Gasteiger partial charge in [-0.2, -0.15) is 0 Å². The lowest BCUT2D eigenvalue weighted by Gasteiger charge is -2.31. The Hall–Kier alpha value is -0.390. The largest absolute Gasteiger partial charge is 0.374 e. The third-order valence-electron chi connectivity index (χ3n) is 3.50. The number of ether oxygens (including phenoxy) is 1. The van der Waals surface area contributed by atoms with E-state index in [4.69, 9.17) is 27.9 Å². The van der Waals surface area contributed by atoms with Gasteiger partial charge in [-0.15, -0.1) is 0 Å². The van der Waals surface area contributed by atoms with Crippen molar-refractivity contribution in [2.75, 3.05) is 33.3 Å². The highest BCUT2D eigenvalue weighted by Gasteiger charge is 2.19. The highest BCUT2D eigenvalue weighted by Crippen LogP contribution is 2.28. The summed E-state index contributed by atoms with van der Waals surface area (Å²) in [6.07, 6.45) is 0.145. The first-order chi connectivity index (χ1) is 9.47.